The molecule has 0 bridgehead atoms. The summed E-state index contributed by atoms with van der Waals surface area (Å²) in [7, 11) is 15.6. The SMILES string of the molecule is CCCC1=CC(C)=C[CH]1[Ti]([Cl])([Cl])([CH]1C=C(C)C=C1CCC)[SiH](C)C. The molecule has 2 aliphatic rings. The van der Waals surface area contributed by atoms with E-state index < -0.39 is 19.1 Å². The molecule has 0 N–H and O–H groups in total. The van der Waals surface area contributed by atoms with Crippen molar-refractivity contribution < 1.29 is 12.4 Å². The van der Waals surface area contributed by atoms with E-state index in [1.807, 2.05) is 0 Å². The van der Waals surface area contributed by atoms with E-state index >= 15 is 0 Å². The van der Waals surface area contributed by atoms with Gasteiger partial charge in [-0.3, -0.25) is 0 Å². The molecule has 0 aromatic rings. The van der Waals surface area contributed by atoms with Crippen LogP contribution in [0.1, 0.15) is 53.4 Å². The molecule has 2 rings (SSSR count). The molecular formula is C20H33Cl2SiTi. The van der Waals surface area contributed by atoms with Crippen molar-refractivity contribution in [3.8, 4) is 0 Å². The predicted octanol–water partition coefficient (Wildman–Crippen LogP) is 7.92. The van der Waals surface area contributed by atoms with E-state index in [1.165, 1.54) is 22.3 Å². The van der Waals surface area contributed by atoms with Crippen molar-refractivity contribution in [2.45, 2.75) is 74.9 Å². The molecule has 4 heteroatoms. The Morgan fingerprint density at radius 2 is 1.25 bits per heavy atom. The first-order chi connectivity index (χ1) is 11.1. The zero-order chi connectivity index (χ0) is 18.1. The molecule has 0 amide bonds. The fraction of sp³-hybridized carbons (Fsp3) is 0.600. The first-order valence-corrected chi connectivity index (χ1v) is 21.2. The molecule has 2 aliphatic carbocycles. The Balaban J connectivity index is 2.58. The molecule has 0 aliphatic heterocycles. The van der Waals surface area contributed by atoms with Crippen molar-refractivity contribution in [2.24, 2.45) is 0 Å². The third-order valence-corrected chi connectivity index (χ3v) is 41.4. The molecule has 2 unspecified atom stereocenters. The molecule has 0 radical (unpaired) electrons. The van der Waals surface area contributed by atoms with Gasteiger partial charge in [-0.2, -0.15) is 0 Å². The number of halogens is 2. The van der Waals surface area contributed by atoms with Crippen molar-refractivity contribution in [2.75, 3.05) is 0 Å². The van der Waals surface area contributed by atoms with Crippen LogP contribution in [0.15, 0.2) is 46.6 Å². The summed E-state index contributed by atoms with van der Waals surface area (Å²) in [6, 6.07) is 0. The molecule has 0 heterocycles. The molecule has 2 atom stereocenters. The standard InChI is InChI=1S/2C9H13.C2H7Si.2ClH.Ti/c2*1-3-4-9-6-5-8(2)7-9;1-3-2;;;/h2*5-7H,3-4H2,1-2H3;3H,1-2H3;2*1H;/q;;;;;+2/p-2. The number of hydrogen-bond donors (Lipinski definition) is 0. The van der Waals surface area contributed by atoms with Gasteiger partial charge in [0.1, 0.15) is 0 Å². The zero-order valence-electron chi connectivity index (χ0n) is 16.1. The van der Waals surface area contributed by atoms with Gasteiger partial charge in [-0.25, -0.2) is 0 Å². The second-order valence-corrected chi connectivity index (χ2v) is 37.5. The number of hydrogen-bond acceptors (Lipinski definition) is 0. The van der Waals surface area contributed by atoms with Gasteiger partial charge >= 0.3 is 159 Å². The Hall–Kier alpha value is 0.471. The van der Waals surface area contributed by atoms with Gasteiger partial charge in [0.15, 0.2) is 0 Å². The number of allylic oxidation sites excluding steroid dienone is 8. The Morgan fingerprint density at radius 3 is 1.54 bits per heavy atom. The van der Waals surface area contributed by atoms with Crippen LogP contribution >= 0.6 is 18.6 Å². The van der Waals surface area contributed by atoms with Gasteiger partial charge in [-0.05, 0) is 0 Å². The van der Waals surface area contributed by atoms with Gasteiger partial charge in [0, 0.05) is 0 Å². The molecule has 0 fully saturated rings. The van der Waals surface area contributed by atoms with Crippen LogP contribution in [0.3, 0.4) is 0 Å². The predicted molar refractivity (Wildman–Crippen MR) is 112 cm³/mol. The first kappa shape index (κ1) is 20.8. The van der Waals surface area contributed by atoms with Crippen LogP contribution in [0, 0.1) is 0 Å². The summed E-state index contributed by atoms with van der Waals surface area (Å²) in [5, 5.41) is 0. The van der Waals surface area contributed by atoms with Crippen molar-refractivity contribution in [3.05, 3.63) is 46.6 Å². The van der Waals surface area contributed by atoms with Gasteiger partial charge in [0.25, 0.3) is 0 Å². The topological polar surface area (TPSA) is 0 Å². The summed E-state index contributed by atoms with van der Waals surface area (Å²) in [5.74, 6) is 0. The average Bonchev–Trinajstić information content (AvgIpc) is 3.04. The van der Waals surface area contributed by atoms with Crippen LogP contribution in [0.25, 0.3) is 0 Å². The van der Waals surface area contributed by atoms with Crippen LogP contribution in [0.4, 0.5) is 0 Å². The summed E-state index contributed by atoms with van der Waals surface area (Å²) in [4.78, 5) is 0. The summed E-state index contributed by atoms with van der Waals surface area (Å²) in [6.45, 7) is 12.5. The Labute approximate surface area is 158 Å². The van der Waals surface area contributed by atoms with Crippen LogP contribution in [0.5, 0.6) is 0 Å². The Kier molecular flexibility index (Phi) is 6.59. The summed E-state index contributed by atoms with van der Waals surface area (Å²) >= 11 is -3.81. The molecule has 0 aromatic heterocycles. The Morgan fingerprint density at radius 1 is 0.875 bits per heavy atom. The fourth-order valence-corrected chi connectivity index (χ4v) is 24.0. The first-order valence-electron chi connectivity index (χ1n) is 9.50. The van der Waals surface area contributed by atoms with Crippen molar-refractivity contribution in [1.29, 1.82) is 0 Å². The summed E-state index contributed by atoms with van der Waals surface area (Å²) in [6.07, 6.45) is 14.1. The van der Waals surface area contributed by atoms with Crippen molar-refractivity contribution >= 4 is 25.3 Å². The minimum absolute atomic E-state index is 0.323. The molecule has 135 valence electrons. The van der Waals surface area contributed by atoms with Gasteiger partial charge < -0.3 is 0 Å². The molecule has 0 saturated carbocycles. The quantitative estimate of drug-likeness (QED) is 0.367. The Bertz CT molecular complexity index is 578. The average molecular weight is 420 g/mol. The second-order valence-electron chi connectivity index (χ2n) is 8.10. The molecule has 0 nitrogen and oxygen atoms in total. The third-order valence-electron chi connectivity index (χ3n) is 5.85. The van der Waals surface area contributed by atoms with Gasteiger partial charge in [0.05, 0.1) is 0 Å². The number of rotatable bonds is 7. The van der Waals surface area contributed by atoms with Gasteiger partial charge in [-0.15, -0.1) is 0 Å². The normalized spacial score (nSPS) is 26.0. The molecule has 24 heavy (non-hydrogen) atoms. The summed E-state index contributed by atoms with van der Waals surface area (Å²) < 4.78 is 0.647. The van der Waals surface area contributed by atoms with E-state index in [0.717, 1.165) is 25.7 Å². The van der Waals surface area contributed by atoms with Crippen molar-refractivity contribution in [3.63, 3.8) is 0 Å². The van der Waals surface area contributed by atoms with E-state index in [0.29, 0.717) is 8.45 Å². The van der Waals surface area contributed by atoms with Crippen LogP contribution < -0.4 is 0 Å². The maximum absolute atomic E-state index is 7.78. The third kappa shape index (κ3) is 3.49. The minimum atomic E-state index is -3.81. The van der Waals surface area contributed by atoms with E-state index in [4.69, 9.17) is 18.6 Å². The van der Waals surface area contributed by atoms with Gasteiger partial charge in [-0.1, -0.05) is 0 Å². The van der Waals surface area contributed by atoms with E-state index in [9.17, 15) is 0 Å². The van der Waals surface area contributed by atoms with Crippen LogP contribution in [0.2, 0.25) is 21.5 Å². The zero-order valence-corrected chi connectivity index (χ0v) is 20.4. The van der Waals surface area contributed by atoms with E-state index in [2.05, 4.69) is 65.1 Å². The second kappa shape index (κ2) is 7.61. The van der Waals surface area contributed by atoms with E-state index in [-0.39, 0.29) is 0 Å². The van der Waals surface area contributed by atoms with E-state index in [1.54, 1.807) is 0 Å². The maximum atomic E-state index is 7.78. The fourth-order valence-electron chi connectivity index (χ4n) is 4.57. The molecule has 0 aromatic carbocycles. The van der Waals surface area contributed by atoms with Crippen molar-refractivity contribution in [1.82, 2.24) is 0 Å². The summed E-state index contributed by atoms with van der Waals surface area (Å²) in [5.41, 5.74) is 5.73. The van der Waals surface area contributed by atoms with Crippen LogP contribution in [-0.4, -0.2) is 6.66 Å². The molecule has 0 spiro atoms. The van der Waals surface area contributed by atoms with Crippen LogP contribution in [-0.2, 0) is 12.4 Å². The monoisotopic (exact) mass is 419 g/mol. The molecular weight excluding hydrogens is 387 g/mol. The van der Waals surface area contributed by atoms with Gasteiger partial charge in [0.2, 0.25) is 0 Å². The molecule has 0 saturated heterocycles.